The predicted octanol–water partition coefficient (Wildman–Crippen LogP) is 2.54. The van der Waals surface area contributed by atoms with Crippen molar-refractivity contribution in [3.63, 3.8) is 0 Å². The Morgan fingerprint density at radius 3 is 2.89 bits per heavy atom. The summed E-state index contributed by atoms with van der Waals surface area (Å²) in [6.07, 6.45) is 2.68. The molecule has 96 valence electrons. The maximum atomic E-state index is 13.2. The molecule has 1 aromatic heterocycles. The smallest absolute Gasteiger partial charge is 0.142 e. The second-order valence-corrected chi connectivity index (χ2v) is 4.53. The zero-order valence-electron chi connectivity index (χ0n) is 10.2. The highest BCUT2D eigenvalue weighted by Gasteiger charge is 2.01. The molecule has 0 bridgehead atoms. The van der Waals surface area contributed by atoms with Gasteiger partial charge < -0.3 is 5.32 Å². The van der Waals surface area contributed by atoms with E-state index in [1.165, 1.54) is 11.8 Å². The van der Waals surface area contributed by atoms with Gasteiger partial charge in [0.05, 0.1) is 5.02 Å². The first-order chi connectivity index (χ1) is 8.66. The summed E-state index contributed by atoms with van der Waals surface area (Å²) in [4.78, 5) is 0. The Hall–Kier alpha value is -1.39. The van der Waals surface area contributed by atoms with Crippen LogP contribution in [0.1, 0.15) is 11.3 Å². The topological polar surface area (TPSA) is 29.9 Å². The van der Waals surface area contributed by atoms with Crippen molar-refractivity contribution < 1.29 is 4.39 Å². The normalized spacial score (nSPS) is 10.8. The lowest BCUT2D eigenvalue weighted by molar-refractivity contribution is 0.616. The molecule has 3 nitrogen and oxygen atoms in total. The van der Waals surface area contributed by atoms with Gasteiger partial charge in [0, 0.05) is 38.4 Å². The average Bonchev–Trinajstić information content (AvgIpc) is 2.75. The van der Waals surface area contributed by atoms with E-state index in [1.807, 2.05) is 23.9 Å². The summed E-state index contributed by atoms with van der Waals surface area (Å²) >= 11 is 5.62. The van der Waals surface area contributed by atoms with Crippen LogP contribution in [0.4, 0.5) is 4.39 Å². The molecule has 18 heavy (non-hydrogen) atoms. The lowest BCUT2D eigenvalue weighted by Crippen LogP contribution is -2.18. The van der Waals surface area contributed by atoms with Gasteiger partial charge in [-0.3, -0.25) is 4.68 Å². The van der Waals surface area contributed by atoms with Crippen LogP contribution >= 0.6 is 11.6 Å². The van der Waals surface area contributed by atoms with Crippen LogP contribution in [0.2, 0.25) is 5.02 Å². The third-order valence-electron chi connectivity index (χ3n) is 2.79. The van der Waals surface area contributed by atoms with Gasteiger partial charge >= 0.3 is 0 Å². The van der Waals surface area contributed by atoms with Gasteiger partial charge in [0.25, 0.3) is 0 Å². The van der Waals surface area contributed by atoms with Crippen molar-refractivity contribution in [3.8, 4) is 0 Å². The number of nitrogens with one attached hydrogen (secondary N) is 1. The van der Waals surface area contributed by atoms with Crippen LogP contribution in [-0.4, -0.2) is 16.3 Å². The number of rotatable bonds is 5. The maximum Gasteiger partial charge on any atom is 0.142 e. The molecule has 2 aromatic rings. The Balaban J connectivity index is 1.78. The number of aromatic nitrogens is 2. The van der Waals surface area contributed by atoms with Crippen molar-refractivity contribution >= 4 is 11.6 Å². The van der Waals surface area contributed by atoms with Gasteiger partial charge in [-0.25, -0.2) is 4.39 Å². The van der Waals surface area contributed by atoms with E-state index >= 15 is 0 Å². The predicted molar refractivity (Wildman–Crippen MR) is 70.0 cm³/mol. The molecule has 0 spiro atoms. The maximum absolute atomic E-state index is 13.2. The summed E-state index contributed by atoms with van der Waals surface area (Å²) in [5.41, 5.74) is 2.06. The average molecular weight is 268 g/mol. The number of benzene rings is 1. The highest BCUT2D eigenvalue weighted by Crippen LogP contribution is 2.15. The van der Waals surface area contributed by atoms with Gasteiger partial charge in [0.2, 0.25) is 0 Å². The minimum atomic E-state index is -0.373. The van der Waals surface area contributed by atoms with Gasteiger partial charge in [-0.2, -0.15) is 5.10 Å². The molecule has 0 saturated carbocycles. The molecule has 0 radical (unpaired) electrons. The Kier molecular flexibility index (Phi) is 4.33. The highest BCUT2D eigenvalue weighted by molar-refractivity contribution is 6.30. The molecule has 1 aromatic carbocycles. The first kappa shape index (κ1) is 13.1. The van der Waals surface area contributed by atoms with Crippen LogP contribution in [0.15, 0.2) is 30.5 Å². The first-order valence-electron chi connectivity index (χ1n) is 5.78. The molecule has 0 aliphatic carbocycles. The van der Waals surface area contributed by atoms with Crippen LogP contribution in [0, 0.1) is 5.82 Å². The van der Waals surface area contributed by atoms with E-state index in [0.717, 1.165) is 18.5 Å². The zero-order valence-corrected chi connectivity index (χ0v) is 10.9. The summed E-state index contributed by atoms with van der Waals surface area (Å²) in [5, 5.41) is 7.52. The van der Waals surface area contributed by atoms with Crippen molar-refractivity contribution in [1.82, 2.24) is 15.1 Å². The Morgan fingerprint density at radius 2 is 2.22 bits per heavy atom. The number of aryl methyl sites for hydroxylation is 1. The minimum Gasteiger partial charge on any atom is -0.312 e. The van der Waals surface area contributed by atoms with Crippen LogP contribution in [0.5, 0.6) is 0 Å². The van der Waals surface area contributed by atoms with Crippen LogP contribution < -0.4 is 5.32 Å². The van der Waals surface area contributed by atoms with Gasteiger partial charge in [-0.15, -0.1) is 0 Å². The molecule has 0 aliphatic rings. The van der Waals surface area contributed by atoms with E-state index < -0.39 is 0 Å². The minimum absolute atomic E-state index is 0.161. The van der Waals surface area contributed by atoms with Crippen LogP contribution in [0.25, 0.3) is 0 Å². The van der Waals surface area contributed by atoms with Crippen molar-refractivity contribution in [2.75, 3.05) is 6.54 Å². The van der Waals surface area contributed by atoms with E-state index in [2.05, 4.69) is 10.4 Å². The van der Waals surface area contributed by atoms with E-state index in [1.54, 1.807) is 12.3 Å². The Bertz CT molecular complexity index is 525. The monoisotopic (exact) mass is 267 g/mol. The molecule has 5 heteroatoms. The number of nitrogens with zero attached hydrogens (tertiary/aromatic N) is 2. The Labute approximate surface area is 111 Å². The quantitative estimate of drug-likeness (QED) is 0.844. The fraction of sp³-hybridized carbons (Fsp3) is 0.308. The molecule has 2 rings (SSSR count). The number of hydrogen-bond donors (Lipinski definition) is 1. The molecular weight excluding hydrogens is 253 g/mol. The highest BCUT2D eigenvalue weighted by atomic mass is 35.5. The second kappa shape index (κ2) is 5.98. The fourth-order valence-corrected chi connectivity index (χ4v) is 1.86. The standard InChI is InChI=1S/C13H15ClFN3/c1-18-11(5-7-17-18)4-6-16-9-10-2-3-12(14)13(15)8-10/h2-3,5,7-8,16H,4,6,9H2,1H3. The van der Waals surface area contributed by atoms with E-state index in [-0.39, 0.29) is 10.8 Å². The summed E-state index contributed by atoms with van der Waals surface area (Å²) in [7, 11) is 1.92. The molecule has 0 amide bonds. The first-order valence-corrected chi connectivity index (χ1v) is 6.16. The zero-order chi connectivity index (χ0) is 13.0. The summed E-state index contributed by atoms with van der Waals surface area (Å²) in [6.45, 7) is 1.45. The number of halogens is 2. The largest absolute Gasteiger partial charge is 0.312 e. The van der Waals surface area contributed by atoms with Crippen LogP contribution in [0.3, 0.4) is 0 Å². The molecule has 0 atom stereocenters. The summed E-state index contributed by atoms with van der Waals surface area (Å²) in [6, 6.07) is 6.85. The van der Waals surface area contributed by atoms with Gasteiger partial charge in [-0.1, -0.05) is 17.7 Å². The van der Waals surface area contributed by atoms with Crippen molar-refractivity contribution in [1.29, 1.82) is 0 Å². The Morgan fingerprint density at radius 1 is 1.39 bits per heavy atom. The number of hydrogen-bond acceptors (Lipinski definition) is 2. The van der Waals surface area contributed by atoms with Crippen LogP contribution in [-0.2, 0) is 20.0 Å². The lowest BCUT2D eigenvalue weighted by atomic mass is 10.2. The van der Waals surface area contributed by atoms with Crippen molar-refractivity contribution in [3.05, 3.63) is 52.6 Å². The third kappa shape index (κ3) is 3.31. The molecule has 0 unspecified atom stereocenters. The molecular formula is C13H15ClFN3. The van der Waals surface area contributed by atoms with E-state index in [9.17, 15) is 4.39 Å². The molecule has 0 aliphatic heterocycles. The summed E-state index contributed by atoms with van der Waals surface area (Å²) in [5.74, 6) is -0.373. The van der Waals surface area contributed by atoms with Crippen molar-refractivity contribution in [2.24, 2.45) is 7.05 Å². The van der Waals surface area contributed by atoms with Gasteiger partial charge in [0.1, 0.15) is 5.82 Å². The molecule has 0 saturated heterocycles. The molecule has 1 heterocycles. The van der Waals surface area contributed by atoms with E-state index in [4.69, 9.17) is 11.6 Å². The van der Waals surface area contributed by atoms with Crippen molar-refractivity contribution in [2.45, 2.75) is 13.0 Å². The van der Waals surface area contributed by atoms with Gasteiger partial charge in [-0.05, 0) is 23.8 Å². The van der Waals surface area contributed by atoms with E-state index in [0.29, 0.717) is 6.54 Å². The summed E-state index contributed by atoms with van der Waals surface area (Å²) < 4.78 is 15.0. The molecule has 0 fully saturated rings. The SMILES string of the molecule is Cn1nccc1CCNCc1ccc(Cl)c(F)c1. The lowest BCUT2D eigenvalue weighted by Gasteiger charge is -2.06. The second-order valence-electron chi connectivity index (χ2n) is 4.12. The third-order valence-corrected chi connectivity index (χ3v) is 3.10. The molecule has 1 N–H and O–H groups in total. The fourth-order valence-electron chi connectivity index (χ4n) is 1.75. The van der Waals surface area contributed by atoms with Gasteiger partial charge in [0.15, 0.2) is 0 Å².